The minimum atomic E-state index is -0.883. The fraction of sp³-hybridized carbons (Fsp3) is 0.364. The van der Waals surface area contributed by atoms with Gasteiger partial charge in [0.15, 0.2) is 39.1 Å². The number of piperazine rings is 3. The second-order valence-electron chi connectivity index (χ2n) is 35.7. The Kier molecular flexibility index (Phi) is 32.0. The number of urea groups is 3. The van der Waals surface area contributed by atoms with E-state index in [9.17, 15) is 56.3 Å². The fourth-order valence-electron chi connectivity index (χ4n) is 18.7. The van der Waals surface area contributed by atoms with E-state index in [0.29, 0.717) is 203 Å². The molecule has 744 valence electrons. The lowest BCUT2D eigenvalue weighted by atomic mass is 9.95. The minimum Gasteiger partial charge on any atom is -0.486 e. The molecule has 0 aliphatic carbocycles. The third kappa shape index (κ3) is 23.3. The van der Waals surface area contributed by atoms with Crippen LogP contribution in [0.1, 0.15) is 95.4 Å². The summed E-state index contributed by atoms with van der Waals surface area (Å²) in [5.74, 6) is -1.84. The first-order valence-corrected chi connectivity index (χ1v) is 48.6. The van der Waals surface area contributed by atoms with Crippen molar-refractivity contribution in [1.29, 1.82) is 0 Å². The number of aryl methyl sites for hydroxylation is 3. The van der Waals surface area contributed by atoms with Crippen molar-refractivity contribution in [2.75, 3.05) is 155 Å². The summed E-state index contributed by atoms with van der Waals surface area (Å²) in [6, 6.07) is 31.2. The quantitative estimate of drug-likeness (QED) is 0.0206. The highest BCUT2D eigenvalue weighted by atomic mass is 35.5. The number of amides is 7. The van der Waals surface area contributed by atoms with E-state index in [1.807, 2.05) is 101 Å². The minimum absolute atomic E-state index is 0.0399. The Labute approximate surface area is 839 Å². The number of thiazole rings is 2. The zero-order valence-electron chi connectivity index (χ0n) is 78.8. The van der Waals surface area contributed by atoms with Gasteiger partial charge in [0.05, 0.1) is 68.3 Å². The number of anilines is 3. The van der Waals surface area contributed by atoms with Gasteiger partial charge in [0, 0.05) is 233 Å². The lowest BCUT2D eigenvalue weighted by Crippen LogP contribution is -2.53. The van der Waals surface area contributed by atoms with Crippen LogP contribution in [0.15, 0.2) is 212 Å². The van der Waals surface area contributed by atoms with Crippen molar-refractivity contribution in [1.82, 2.24) is 70.2 Å². The van der Waals surface area contributed by atoms with Crippen LogP contribution >= 0.6 is 57.5 Å². The molecule has 7 amide bonds. The van der Waals surface area contributed by atoms with Crippen LogP contribution in [0.4, 0.5) is 44.6 Å². The lowest BCUT2D eigenvalue weighted by molar-refractivity contribution is -0.137. The van der Waals surface area contributed by atoms with E-state index < -0.39 is 65.0 Å². The van der Waals surface area contributed by atoms with Crippen LogP contribution in [0.5, 0.6) is 5.75 Å². The number of benzene rings is 6. The van der Waals surface area contributed by atoms with Gasteiger partial charge in [-0.1, -0.05) is 83.3 Å². The standard InChI is InChI=1S/C36H41ClFN7O5S.C32H33ClFN7O5.C31H30ClFN6O5S/c1-36(2,21-49-3)42-29(46)12-7-22-5-9-24(10-6-22)45-19-25-18-43(14-15-44(25)35(45)48)20-28-30(34(47)50-4)31(26-11-8-23(38)17-27(26)37)41-32(40-28)33-39-13-16-51-33;1-38-12-11-35-30(38)29-36-25(27(31(44)46-2)28(37-29)23-9-6-20(34)15-24(23)33)18-39-13-14-40-22(16-39)17-41(32(40)45)21-7-3-19(4-8-21)5-10-26(42)43;1-18(40)17-44-22-5-3-4-20(13-22)39-15-21-14-37(9-10-38(21)31(39)42)16-25-26(30(41)43-2)27(23-7-6-19(33)12-24(23)32)36-28(35-25)29-34-8-11-45-29/h5-6,8-11,13,16-17,25,31H,7,12,14-15,18-21H2,1-4H3,(H,40,41)(H,42,46);3-4,6-9,11-12,15,22,28H,5,10,13-14,16-18H2,1-2H3,(H,36,37)(H,42,43);3-8,11-13,21,27H,9-10,14-17H2,1-2H3,(H,35,36)/t25-,31-;22-,28?;21-,27-/m000/s1. The normalized spacial score (nSPS) is 19.8. The number of aliphatic carboxylic acids is 1. The van der Waals surface area contributed by atoms with Gasteiger partial charge in [0.25, 0.3) is 0 Å². The van der Waals surface area contributed by atoms with Crippen molar-refractivity contribution >= 4 is 146 Å². The van der Waals surface area contributed by atoms with Gasteiger partial charge in [-0.15, -0.1) is 22.7 Å². The maximum Gasteiger partial charge on any atom is 0.338 e. The molecule has 18 rings (SSSR count). The number of halogens is 6. The third-order valence-corrected chi connectivity index (χ3v) is 28.0. The van der Waals surface area contributed by atoms with Crippen molar-refractivity contribution < 1.29 is 85.1 Å². The number of ketones is 1. The van der Waals surface area contributed by atoms with Gasteiger partial charge < -0.3 is 69.3 Å². The number of aromatic nitrogens is 4. The first-order valence-electron chi connectivity index (χ1n) is 45.7. The molecular weight excluding hydrogens is 1940 g/mol. The molecule has 12 heterocycles. The summed E-state index contributed by atoms with van der Waals surface area (Å²) in [6.45, 7) is 13.0. The molecule has 6 saturated heterocycles. The van der Waals surface area contributed by atoms with E-state index in [4.69, 9.17) is 78.6 Å². The number of amidine groups is 3. The number of carboxylic acids is 1. The Bertz CT molecular complexity index is 6490. The number of carbonyl (C=O) groups excluding carboxylic acids is 8. The van der Waals surface area contributed by atoms with Gasteiger partial charge in [0.2, 0.25) is 5.91 Å². The second kappa shape index (κ2) is 44.8. The molecule has 0 bridgehead atoms. The second-order valence-corrected chi connectivity index (χ2v) is 38.7. The van der Waals surface area contributed by atoms with E-state index >= 15 is 0 Å². The molecule has 142 heavy (non-hydrogen) atoms. The zero-order chi connectivity index (χ0) is 100. The SMILES string of the molecule is COC(=O)C1=C(CN2CCN3C(=O)N(c4ccc(CCC(=O)O)cc4)C[C@@H]3C2)NC(c2nccn2C)=NC1c1ccc(F)cc1Cl.COC(=O)C1=C(CN2CCN3C(=O)N(c4cccc(OCC(C)=O)c4)C[C@@H]3C2)NC(c2nccs2)=N[C@H]1c1ccc(F)cc1Cl.COCC(C)(C)NC(=O)CCc1ccc(N2C[C@@H]3CN(CC4=C(C(=O)OC)[C@H](c5ccc(F)cc5Cl)N=C(c5nccs5)N4)CCN3C2=O)cc1. The predicted molar refractivity (Wildman–Crippen MR) is 529 cm³/mol. The Balaban J connectivity index is 0.000000153. The highest BCUT2D eigenvalue weighted by molar-refractivity contribution is 7.12. The number of methoxy groups -OCH3 is 4. The number of hydrogen-bond donors (Lipinski definition) is 5. The number of hydrogen-bond acceptors (Lipinski definition) is 28. The molecule has 6 atom stereocenters. The van der Waals surface area contributed by atoms with Crippen LogP contribution in [0.25, 0.3) is 0 Å². The number of carbonyl (C=O) groups is 9. The van der Waals surface area contributed by atoms with Crippen LogP contribution in [0.3, 0.4) is 0 Å². The summed E-state index contributed by atoms with van der Waals surface area (Å²) >= 11 is 22.3. The van der Waals surface area contributed by atoms with Crippen molar-refractivity contribution in [3.63, 3.8) is 0 Å². The van der Waals surface area contributed by atoms with Crippen LogP contribution < -0.4 is 40.7 Å². The molecule has 43 heteroatoms. The summed E-state index contributed by atoms with van der Waals surface area (Å²) in [4.78, 5) is 160. The molecule has 5 N–H and O–H groups in total. The maximum absolute atomic E-state index is 14.0. The molecule has 3 aromatic heterocycles. The van der Waals surface area contributed by atoms with Crippen LogP contribution in [0.2, 0.25) is 15.1 Å². The number of rotatable bonds is 30. The monoisotopic (exact) mass is 2040 g/mol. The highest BCUT2D eigenvalue weighted by Gasteiger charge is 2.48. The third-order valence-electron chi connectivity index (χ3n) is 25.4. The number of carboxylic acid groups (broad SMARTS) is 1. The van der Waals surface area contributed by atoms with Gasteiger partial charge in [-0.2, -0.15) is 0 Å². The first-order chi connectivity index (χ1) is 68.3. The average molecular weight is 2040 g/mol. The van der Waals surface area contributed by atoms with Gasteiger partial charge in [-0.25, -0.2) is 56.9 Å². The number of ether oxygens (including phenoxy) is 5. The molecule has 0 spiro atoms. The summed E-state index contributed by atoms with van der Waals surface area (Å²) in [6.07, 6.45) is 8.15. The number of nitrogens with one attached hydrogen (secondary N) is 4. The van der Waals surface area contributed by atoms with Crippen molar-refractivity contribution in [2.24, 2.45) is 22.0 Å². The first kappa shape index (κ1) is 101. The van der Waals surface area contributed by atoms with Crippen molar-refractivity contribution in [3.05, 3.63) is 273 Å². The van der Waals surface area contributed by atoms with E-state index in [0.717, 1.165) is 22.5 Å². The number of Topliss-reactive ketones (excluding diaryl/α,β-unsaturated/α-hetero) is 1. The Morgan fingerprint density at radius 3 is 1.27 bits per heavy atom. The molecule has 6 aromatic carbocycles. The molecule has 35 nitrogen and oxygen atoms in total. The smallest absolute Gasteiger partial charge is 0.338 e. The van der Waals surface area contributed by atoms with Crippen LogP contribution in [0, 0.1) is 17.5 Å². The number of esters is 3. The molecule has 9 aliphatic heterocycles. The number of imidazole rings is 1. The summed E-state index contributed by atoms with van der Waals surface area (Å²) in [5.41, 5.74) is 7.56. The van der Waals surface area contributed by atoms with Crippen LogP contribution in [-0.2, 0) is 67.6 Å². The fourth-order valence-corrected chi connectivity index (χ4v) is 20.7. The van der Waals surface area contributed by atoms with Gasteiger partial charge in [0.1, 0.15) is 47.9 Å². The van der Waals surface area contributed by atoms with Gasteiger partial charge in [-0.05, 0) is 118 Å². The molecule has 0 saturated carbocycles. The van der Waals surface area contributed by atoms with Crippen LogP contribution in [-0.4, -0.2) is 289 Å². The Hall–Kier alpha value is -13.5. The highest BCUT2D eigenvalue weighted by Crippen LogP contribution is 2.43. The Morgan fingerprint density at radius 1 is 0.500 bits per heavy atom. The number of fused-ring (bicyclic) bond motifs is 3. The molecular formula is C99H104Cl3F3N20O15S2. The maximum atomic E-state index is 14.0. The topological polar surface area (TPSA) is 378 Å². The largest absolute Gasteiger partial charge is 0.486 e. The van der Waals surface area contributed by atoms with Gasteiger partial charge in [-0.3, -0.25) is 58.8 Å². The summed E-state index contributed by atoms with van der Waals surface area (Å²) < 4.78 is 70.2. The number of aliphatic imine (C=N–C) groups is 3. The average Bonchev–Trinajstić information content (AvgIpc) is 1.44. The molecule has 1 unspecified atom stereocenters. The number of nitrogens with zero attached hydrogens (tertiary/aromatic N) is 16. The Morgan fingerprint density at radius 2 is 0.901 bits per heavy atom. The van der Waals surface area contributed by atoms with Crippen molar-refractivity contribution in [3.8, 4) is 5.75 Å². The predicted octanol–water partition coefficient (Wildman–Crippen LogP) is 12.0. The van der Waals surface area contributed by atoms with Gasteiger partial charge >= 0.3 is 42.0 Å². The zero-order valence-corrected chi connectivity index (χ0v) is 82.7. The molecule has 9 aromatic rings. The molecule has 6 fully saturated rings. The molecule has 0 radical (unpaired) electrons. The van der Waals surface area contributed by atoms with Crippen molar-refractivity contribution in [2.45, 2.75) is 88.2 Å². The van der Waals surface area contributed by atoms with E-state index in [1.165, 1.54) is 106 Å². The lowest BCUT2D eigenvalue weighted by Gasteiger charge is -2.38. The van der Waals surface area contributed by atoms with E-state index in [-0.39, 0.29) is 92.7 Å². The summed E-state index contributed by atoms with van der Waals surface area (Å²) in [5, 5.41) is 27.3. The molecule has 9 aliphatic rings. The van der Waals surface area contributed by atoms with E-state index in [2.05, 4.69) is 50.9 Å². The summed E-state index contributed by atoms with van der Waals surface area (Å²) in [7, 11) is 7.34. The van der Waals surface area contributed by atoms with E-state index in [1.54, 1.807) is 69.4 Å².